The van der Waals surface area contributed by atoms with Gasteiger partial charge in [-0.2, -0.15) is 0 Å². The minimum absolute atomic E-state index is 0.0495. The lowest BCUT2D eigenvalue weighted by molar-refractivity contribution is -0.147. The topological polar surface area (TPSA) is 35.5 Å². The number of rotatable bonds is 6. The molecule has 2 rings (SSSR count). The quantitative estimate of drug-likeness (QED) is 0.429. The van der Waals surface area contributed by atoms with Crippen molar-refractivity contribution in [3.63, 3.8) is 0 Å². The zero-order valence-electron chi connectivity index (χ0n) is 15.1. The summed E-state index contributed by atoms with van der Waals surface area (Å²) in [5.41, 5.74) is -1.08. The van der Waals surface area contributed by atoms with Crippen LogP contribution in [0.3, 0.4) is 0 Å². The molecule has 0 N–H and O–H groups in total. The van der Waals surface area contributed by atoms with E-state index in [2.05, 4.69) is 0 Å². The molecule has 6 heteroatoms. The summed E-state index contributed by atoms with van der Waals surface area (Å²) < 4.78 is 52.4. The van der Waals surface area contributed by atoms with Gasteiger partial charge in [0.1, 0.15) is 12.4 Å². The van der Waals surface area contributed by atoms with Gasteiger partial charge in [-0.25, -0.2) is 13.2 Å². The van der Waals surface area contributed by atoms with Crippen molar-refractivity contribution in [1.29, 1.82) is 0 Å². The van der Waals surface area contributed by atoms with Gasteiger partial charge in [0.15, 0.2) is 11.6 Å². The fraction of sp³-hybridized carbons (Fsp3) is 0.526. The number of hydrogen-bond acceptors (Lipinski definition) is 3. The predicted molar refractivity (Wildman–Crippen MR) is 87.1 cm³/mol. The van der Waals surface area contributed by atoms with Crippen LogP contribution < -0.4 is 0 Å². The van der Waals surface area contributed by atoms with Crippen LogP contribution in [-0.4, -0.2) is 13.1 Å². The smallest absolute Gasteiger partial charge is 0.310 e. The molecule has 2 atom stereocenters. The summed E-state index contributed by atoms with van der Waals surface area (Å²) >= 11 is 0. The van der Waals surface area contributed by atoms with E-state index in [1.165, 1.54) is 14.0 Å². The van der Waals surface area contributed by atoms with E-state index < -0.39 is 35.6 Å². The van der Waals surface area contributed by atoms with Crippen LogP contribution in [0.5, 0.6) is 0 Å². The molecule has 1 saturated carbocycles. The largest absolute Gasteiger partial charge is 0.460 e. The van der Waals surface area contributed by atoms with Crippen molar-refractivity contribution in [3.05, 3.63) is 46.3 Å². The monoisotopic (exact) mass is 356 g/mol. The summed E-state index contributed by atoms with van der Waals surface area (Å²) in [4.78, 5) is 12.3. The summed E-state index contributed by atoms with van der Waals surface area (Å²) in [5.74, 6) is -4.18. The van der Waals surface area contributed by atoms with Crippen molar-refractivity contribution in [1.82, 2.24) is 0 Å². The lowest BCUT2D eigenvalue weighted by Gasteiger charge is -2.14. The molecule has 1 aliphatic carbocycles. The van der Waals surface area contributed by atoms with Gasteiger partial charge in [-0.15, -0.1) is 0 Å². The molecular weight excluding hydrogens is 333 g/mol. The molecular formula is C19H23F3O3. The predicted octanol–water partition coefficient (Wildman–Crippen LogP) is 4.45. The van der Waals surface area contributed by atoms with Crippen molar-refractivity contribution in [3.8, 4) is 0 Å². The van der Waals surface area contributed by atoms with Gasteiger partial charge in [-0.05, 0) is 30.7 Å². The van der Waals surface area contributed by atoms with E-state index >= 15 is 0 Å². The molecule has 1 fully saturated rings. The fourth-order valence-corrected chi connectivity index (χ4v) is 3.25. The summed E-state index contributed by atoms with van der Waals surface area (Å²) in [6, 6.07) is 0. The van der Waals surface area contributed by atoms with Crippen LogP contribution in [0.4, 0.5) is 13.2 Å². The lowest BCUT2D eigenvalue weighted by Crippen LogP contribution is -2.14. The average molecular weight is 356 g/mol. The standard InChI is InChI=1S/C19H23F3O3/c1-6-7-13-14(19(13,3)4)18(23)25-9-11-10(2)15(20)12(8-24-5)17(22)16(11)21/h6-7,13-14H,8-9H2,1-5H3/b7-6-/t13-,14+/m1/s1. The fourth-order valence-electron chi connectivity index (χ4n) is 3.25. The molecule has 1 aromatic carbocycles. The number of ether oxygens (including phenoxy) is 2. The van der Waals surface area contributed by atoms with Crippen molar-refractivity contribution >= 4 is 5.97 Å². The molecule has 0 amide bonds. The van der Waals surface area contributed by atoms with Crippen LogP contribution in [0.1, 0.15) is 37.5 Å². The highest BCUT2D eigenvalue weighted by molar-refractivity contribution is 5.78. The molecule has 1 aliphatic rings. The molecule has 0 heterocycles. The first-order valence-corrected chi connectivity index (χ1v) is 8.11. The molecule has 0 bridgehead atoms. The Morgan fingerprint density at radius 1 is 1.12 bits per heavy atom. The highest BCUT2D eigenvalue weighted by Crippen LogP contribution is 2.59. The molecule has 0 unspecified atom stereocenters. The van der Waals surface area contributed by atoms with Gasteiger partial charge >= 0.3 is 5.97 Å². The Bertz CT molecular complexity index is 681. The Kier molecular flexibility index (Phi) is 5.62. The van der Waals surface area contributed by atoms with Crippen molar-refractivity contribution in [2.24, 2.45) is 17.3 Å². The highest BCUT2D eigenvalue weighted by Gasteiger charge is 2.61. The second-order valence-electron chi connectivity index (χ2n) is 6.92. The highest BCUT2D eigenvalue weighted by atomic mass is 19.2. The number of halogens is 3. The molecule has 25 heavy (non-hydrogen) atoms. The van der Waals surface area contributed by atoms with Crippen LogP contribution in [0.15, 0.2) is 12.2 Å². The van der Waals surface area contributed by atoms with Crippen molar-refractivity contribution < 1.29 is 27.4 Å². The normalized spacial score (nSPS) is 21.6. The summed E-state index contributed by atoms with van der Waals surface area (Å²) in [5, 5.41) is 0. The zero-order valence-corrected chi connectivity index (χ0v) is 15.1. The molecule has 3 nitrogen and oxygen atoms in total. The van der Waals surface area contributed by atoms with Gasteiger partial charge in [0.05, 0.1) is 18.1 Å². The molecule has 1 aromatic rings. The minimum Gasteiger partial charge on any atom is -0.460 e. The molecule has 0 aromatic heterocycles. The maximum absolute atomic E-state index is 14.2. The number of carbonyl (C=O) groups is 1. The van der Waals surface area contributed by atoms with Crippen LogP contribution in [0.25, 0.3) is 0 Å². The van der Waals surface area contributed by atoms with E-state index in [1.54, 1.807) is 0 Å². The van der Waals surface area contributed by atoms with Crippen LogP contribution >= 0.6 is 0 Å². The average Bonchev–Trinajstić information content (AvgIpc) is 3.10. The zero-order chi connectivity index (χ0) is 18.9. The Morgan fingerprint density at radius 2 is 1.72 bits per heavy atom. The van der Waals surface area contributed by atoms with E-state index in [0.717, 1.165) is 0 Å². The number of allylic oxidation sites excluding steroid dienone is 2. The second-order valence-corrected chi connectivity index (χ2v) is 6.92. The Labute approximate surface area is 145 Å². The number of benzene rings is 1. The van der Waals surface area contributed by atoms with Gasteiger partial charge in [-0.1, -0.05) is 26.0 Å². The van der Waals surface area contributed by atoms with Crippen molar-refractivity contribution in [2.75, 3.05) is 7.11 Å². The number of hydrogen-bond donors (Lipinski definition) is 0. The van der Waals surface area contributed by atoms with Gasteiger partial charge in [0, 0.05) is 12.7 Å². The molecule has 0 aliphatic heterocycles. The van der Waals surface area contributed by atoms with Gasteiger partial charge in [0.2, 0.25) is 0 Å². The first kappa shape index (κ1) is 19.5. The number of carbonyl (C=O) groups excluding carboxylic acids is 1. The number of esters is 1. The Morgan fingerprint density at radius 3 is 2.28 bits per heavy atom. The van der Waals surface area contributed by atoms with Gasteiger partial charge in [-0.3, -0.25) is 4.79 Å². The van der Waals surface area contributed by atoms with E-state index in [-0.39, 0.29) is 35.0 Å². The Balaban J connectivity index is 2.18. The number of methoxy groups -OCH3 is 1. The molecule has 0 radical (unpaired) electrons. The van der Waals surface area contributed by atoms with Crippen LogP contribution in [-0.2, 0) is 27.5 Å². The third-order valence-electron chi connectivity index (χ3n) is 4.98. The Hall–Kier alpha value is -1.82. The minimum atomic E-state index is -1.31. The first-order chi connectivity index (χ1) is 11.7. The second kappa shape index (κ2) is 7.20. The van der Waals surface area contributed by atoms with E-state index in [9.17, 15) is 18.0 Å². The van der Waals surface area contributed by atoms with Crippen LogP contribution in [0.2, 0.25) is 0 Å². The van der Waals surface area contributed by atoms with Gasteiger partial charge < -0.3 is 9.47 Å². The summed E-state index contributed by atoms with van der Waals surface area (Å²) in [6.07, 6.45) is 3.79. The third-order valence-corrected chi connectivity index (χ3v) is 4.98. The first-order valence-electron chi connectivity index (χ1n) is 8.11. The van der Waals surface area contributed by atoms with E-state index in [0.29, 0.717) is 0 Å². The maximum Gasteiger partial charge on any atom is 0.310 e. The lowest BCUT2D eigenvalue weighted by atomic mass is 10.0. The van der Waals surface area contributed by atoms with Crippen molar-refractivity contribution in [2.45, 2.75) is 40.9 Å². The van der Waals surface area contributed by atoms with Crippen LogP contribution in [0, 0.1) is 41.6 Å². The molecule has 138 valence electrons. The summed E-state index contributed by atoms with van der Waals surface area (Å²) in [7, 11) is 1.26. The molecule has 0 spiro atoms. The summed E-state index contributed by atoms with van der Waals surface area (Å²) in [6.45, 7) is 6.18. The van der Waals surface area contributed by atoms with Gasteiger partial charge in [0.25, 0.3) is 0 Å². The SMILES string of the molecule is C/C=C\[C@@H]1[C@@H](C(=O)OCc2c(C)c(F)c(COC)c(F)c2F)C1(C)C. The van der Waals surface area contributed by atoms with E-state index in [4.69, 9.17) is 9.47 Å². The maximum atomic E-state index is 14.2. The van der Waals surface area contributed by atoms with E-state index in [1.807, 2.05) is 32.9 Å². The molecule has 0 saturated heterocycles. The third kappa shape index (κ3) is 3.45.